The molecule has 0 aliphatic heterocycles. The van der Waals surface area contributed by atoms with Crippen molar-refractivity contribution in [1.82, 2.24) is 2.68 Å². The van der Waals surface area contributed by atoms with Crippen LogP contribution in [0.2, 0.25) is 0 Å². The van der Waals surface area contributed by atoms with E-state index in [1.807, 2.05) is 0 Å². The first-order valence-corrected chi connectivity index (χ1v) is 7.29. The second kappa shape index (κ2) is 7.06. The first kappa shape index (κ1) is 15.4. The average Bonchev–Trinajstić information content (AvgIpc) is 2.38. The lowest BCUT2D eigenvalue weighted by atomic mass is 10.2. The Kier molecular flexibility index (Phi) is 6.04. The van der Waals surface area contributed by atoms with Gasteiger partial charge in [0.1, 0.15) is 6.61 Å². The van der Waals surface area contributed by atoms with Crippen molar-refractivity contribution in [1.29, 1.82) is 0 Å². The number of terminal acetylenes is 1. The molecule has 0 aliphatic carbocycles. The minimum absolute atomic E-state index is 0.132. The predicted octanol–water partition coefficient (Wildman–Crippen LogP) is 1.74. The number of sulfonamides is 1. The Hall–Kier alpha value is -0.660. The van der Waals surface area contributed by atoms with E-state index in [0.717, 1.165) is 2.68 Å². The van der Waals surface area contributed by atoms with Crippen molar-refractivity contribution in [3.63, 3.8) is 0 Å². The number of hydrogen-bond donors (Lipinski definition) is 0. The lowest BCUT2D eigenvalue weighted by molar-refractivity contribution is 0.0587. The number of halogens is 1. The maximum atomic E-state index is 12.1. The fourth-order valence-corrected chi connectivity index (χ4v) is 2.97. The summed E-state index contributed by atoms with van der Waals surface area (Å²) >= 11 is 1.56. The third-order valence-electron chi connectivity index (χ3n) is 2.03. The normalized spacial score (nSPS) is 11.4. The Morgan fingerprint density at radius 3 is 2.72 bits per heavy atom. The number of hydrogen-bond acceptors (Lipinski definition) is 4. The summed E-state index contributed by atoms with van der Waals surface area (Å²) in [6.07, 6.45) is 5.06. The number of rotatable bonds is 6. The van der Waals surface area contributed by atoms with Gasteiger partial charge in [0.2, 0.25) is 0 Å². The van der Waals surface area contributed by atoms with Crippen LogP contribution in [0.25, 0.3) is 0 Å². The SMILES string of the molecule is C#CCOCc1ccccc1S(=O)(=O)N(I)OC. The van der Waals surface area contributed by atoms with Crippen molar-refractivity contribution in [3.8, 4) is 12.3 Å². The van der Waals surface area contributed by atoms with Crippen LogP contribution in [-0.4, -0.2) is 24.8 Å². The third kappa shape index (κ3) is 3.66. The molecule has 1 aromatic rings. The molecule has 0 N–H and O–H groups in total. The van der Waals surface area contributed by atoms with Gasteiger partial charge in [0.05, 0.1) is 41.5 Å². The number of nitrogens with zero attached hydrogens (tertiary/aromatic N) is 1. The number of ether oxygens (including phenoxy) is 1. The van der Waals surface area contributed by atoms with E-state index in [1.165, 1.54) is 13.2 Å². The average molecular weight is 381 g/mol. The molecular weight excluding hydrogens is 369 g/mol. The standard InChI is InChI=1S/C11H12INO4S/c1-3-8-17-9-10-6-4-5-7-11(10)18(14,15)13(12)16-2/h1,4-7H,8-9H2,2H3. The zero-order valence-electron chi connectivity index (χ0n) is 9.67. The van der Waals surface area contributed by atoms with Crippen molar-refractivity contribution in [2.75, 3.05) is 13.7 Å². The lowest BCUT2D eigenvalue weighted by Gasteiger charge is -2.14. The van der Waals surface area contributed by atoms with E-state index in [-0.39, 0.29) is 18.1 Å². The largest absolute Gasteiger partial charge is 0.364 e. The molecule has 0 bridgehead atoms. The summed E-state index contributed by atoms with van der Waals surface area (Å²) in [5, 5.41) is 0. The van der Waals surface area contributed by atoms with Crippen molar-refractivity contribution in [3.05, 3.63) is 29.8 Å². The van der Waals surface area contributed by atoms with Gasteiger partial charge in [-0.15, -0.1) is 6.42 Å². The van der Waals surface area contributed by atoms with E-state index in [4.69, 9.17) is 16.0 Å². The molecule has 0 aliphatic rings. The van der Waals surface area contributed by atoms with Gasteiger partial charge in [-0.25, -0.2) is 8.42 Å². The molecule has 1 rings (SSSR count). The van der Waals surface area contributed by atoms with Crippen molar-refractivity contribution in [2.45, 2.75) is 11.5 Å². The first-order chi connectivity index (χ1) is 8.54. The Bertz CT molecular complexity index is 538. The highest BCUT2D eigenvalue weighted by Gasteiger charge is 2.25. The van der Waals surface area contributed by atoms with Gasteiger partial charge in [-0.2, -0.15) is 0 Å². The quantitative estimate of drug-likeness (QED) is 0.248. The topological polar surface area (TPSA) is 55.8 Å². The Balaban J connectivity index is 3.06. The van der Waals surface area contributed by atoms with Gasteiger partial charge >= 0.3 is 0 Å². The van der Waals surface area contributed by atoms with Crippen LogP contribution in [0.1, 0.15) is 5.56 Å². The van der Waals surface area contributed by atoms with E-state index >= 15 is 0 Å². The van der Waals surface area contributed by atoms with Gasteiger partial charge in [-0.05, 0) is 14.3 Å². The summed E-state index contributed by atoms with van der Waals surface area (Å²) in [5.41, 5.74) is 0.534. The minimum atomic E-state index is -3.69. The summed E-state index contributed by atoms with van der Waals surface area (Å²) in [6.45, 7) is 0.264. The second-order valence-electron chi connectivity index (χ2n) is 3.17. The number of benzene rings is 1. The zero-order chi connectivity index (χ0) is 13.6. The fraction of sp³-hybridized carbons (Fsp3) is 0.273. The minimum Gasteiger partial charge on any atom is -0.364 e. The smallest absolute Gasteiger partial charge is 0.274 e. The van der Waals surface area contributed by atoms with Gasteiger partial charge in [-0.1, -0.05) is 24.1 Å². The maximum Gasteiger partial charge on any atom is 0.274 e. The molecule has 0 aromatic heterocycles. The Morgan fingerprint density at radius 1 is 1.44 bits per heavy atom. The Labute approximate surface area is 121 Å². The van der Waals surface area contributed by atoms with Gasteiger partial charge in [0, 0.05) is 0 Å². The van der Waals surface area contributed by atoms with Crippen LogP contribution < -0.4 is 0 Å². The van der Waals surface area contributed by atoms with E-state index in [9.17, 15) is 8.42 Å². The molecule has 0 radical (unpaired) electrons. The van der Waals surface area contributed by atoms with E-state index in [0.29, 0.717) is 5.56 Å². The summed E-state index contributed by atoms with van der Waals surface area (Å²) in [7, 11) is -2.41. The molecule has 1 aromatic carbocycles. The lowest BCUT2D eigenvalue weighted by Crippen LogP contribution is -2.21. The van der Waals surface area contributed by atoms with E-state index in [2.05, 4.69) is 5.92 Å². The second-order valence-corrected chi connectivity index (χ2v) is 6.43. The molecule has 0 fully saturated rings. The molecule has 0 unspecified atom stereocenters. The van der Waals surface area contributed by atoms with Crippen LogP contribution >= 0.6 is 22.9 Å². The highest BCUT2D eigenvalue weighted by atomic mass is 127. The molecule has 7 heteroatoms. The summed E-state index contributed by atoms with van der Waals surface area (Å²) in [4.78, 5) is 4.85. The predicted molar refractivity (Wildman–Crippen MR) is 75.0 cm³/mol. The Morgan fingerprint density at radius 2 is 2.11 bits per heavy atom. The van der Waals surface area contributed by atoms with Gasteiger partial charge in [0.15, 0.2) is 0 Å². The molecule has 18 heavy (non-hydrogen) atoms. The third-order valence-corrected chi connectivity index (χ3v) is 5.46. The first-order valence-electron chi connectivity index (χ1n) is 4.88. The molecule has 0 heterocycles. The molecular formula is C11H12INO4S. The van der Waals surface area contributed by atoms with Crippen LogP contribution in [-0.2, 0) is 26.2 Å². The molecule has 0 saturated heterocycles. The summed E-state index contributed by atoms with van der Waals surface area (Å²) in [5.74, 6) is 2.32. The van der Waals surface area contributed by atoms with Crippen molar-refractivity contribution in [2.24, 2.45) is 0 Å². The van der Waals surface area contributed by atoms with Gasteiger partial charge in [0.25, 0.3) is 10.0 Å². The van der Waals surface area contributed by atoms with Gasteiger partial charge < -0.3 is 4.74 Å². The zero-order valence-corrected chi connectivity index (χ0v) is 12.6. The molecule has 0 saturated carbocycles. The molecule has 0 amide bonds. The molecule has 0 spiro atoms. The monoisotopic (exact) mass is 381 g/mol. The van der Waals surface area contributed by atoms with Gasteiger partial charge in [-0.3, -0.25) is 4.84 Å². The summed E-state index contributed by atoms with van der Waals surface area (Å²) in [6, 6.07) is 6.54. The molecule has 0 atom stereocenters. The molecule has 98 valence electrons. The summed E-state index contributed by atoms with van der Waals surface area (Å²) < 4.78 is 30.2. The maximum absolute atomic E-state index is 12.1. The fourth-order valence-electron chi connectivity index (χ4n) is 1.27. The van der Waals surface area contributed by atoms with Crippen molar-refractivity contribution < 1.29 is 18.0 Å². The highest BCUT2D eigenvalue weighted by Crippen LogP contribution is 2.23. The van der Waals surface area contributed by atoms with Crippen LogP contribution in [0.5, 0.6) is 0 Å². The van der Waals surface area contributed by atoms with Crippen molar-refractivity contribution >= 4 is 32.9 Å². The van der Waals surface area contributed by atoms with Crippen LogP contribution in [0.4, 0.5) is 0 Å². The van der Waals surface area contributed by atoms with E-state index in [1.54, 1.807) is 41.1 Å². The van der Waals surface area contributed by atoms with E-state index < -0.39 is 10.0 Å². The van der Waals surface area contributed by atoms with Crippen LogP contribution in [0.3, 0.4) is 0 Å². The molecule has 5 nitrogen and oxygen atoms in total. The highest BCUT2D eigenvalue weighted by molar-refractivity contribution is 14.1. The van der Waals surface area contributed by atoms with Crippen LogP contribution in [0.15, 0.2) is 29.2 Å². The van der Waals surface area contributed by atoms with Crippen LogP contribution in [0, 0.1) is 12.3 Å².